The van der Waals surface area contributed by atoms with Crippen LogP contribution in [0.4, 0.5) is 0 Å². The van der Waals surface area contributed by atoms with Crippen LogP contribution in [0.5, 0.6) is 17.2 Å². The predicted molar refractivity (Wildman–Crippen MR) is 101 cm³/mol. The van der Waals surface area contributed by atoms with E-state index < -0.39 is 0 Å². The highest BCUT2D eigenvalue weighted by molar-refractivity contribution is 14.0. The zero-order valence-corrected chi connectivity index (χ0v) is 16.5. The van der Waals surface area contributed by atoms with Crippen LogP contribution in [0.25, 0.3) is 0 Å². The van der Waals surface area contributed by atoms with Gasteiger partial charge >= 0.3 is 0 Å². The highest BCUT2D eigenvalue weighted by Gasteiger charge is 2.13. The number of hydrogen-bond acceptors (Lipinski definition) is 5. The minimum Gasteiger partial charge on any atom is -0.493 e. The molecule has 0 saturated heterocycles. The third kappa shape index (κ3) is 6.69. The lowest BCUT2D eigenvalue weighted by atomic mass is 10.2. The molecule has 1 aromatic carbocycles. The first-order chi connectivity index (χ1) is 10.5. The van der Waals surface area contributed by atoms with E-state index in [0.29, 0.717) is 36.4 Å². The van der Waals surface area contributed by atoms with Crippen molar-refractivity contribution in [2.75, 3.05) is 35.0 Å². The Bertz CT molecular complexity index is 486. The Hall–Kier alpha value is -1.42. The summed E-state index contributed by atoms with van der Waals surface area (Å²) in [7, 11) is 6.36. The average Bonchev–Trinajstić information content (AvgIpc) is 2.51. The van der Waals surface area contributed by atoms with Crippen molar-refractivity contribution in [3.05, 3.63) is 17.7 Å². The molecule has 1 atom stereocenters. The number of ether oxygens (including phenoxy) is 4. The summed E-state index contributed by atoms with van der Waals surface area (Å²) in [6.07, 6.45) is 0. The van der Waals surface area contributed by atoms with Crippen LogP contribution in [0.1, 0.15) is 12.5 Å². The van der Waals surface area contributed by atoms with Crippen LogP contribution < -0.4 is 25.3 Å². The lowest BCUT2D eigenvalue weighted by Crippen LogP contribution is -2.40. The molecular formula is C15H26IN3O4. The van der Waals surface area contributed by atoms with Crippen LogP contribution in [0, 0.1) is 0 Å². The molecule has 7 nitrogen and oxygen atoms in total. The minimum atomic E-state index is 0. The quantitative estimate of drug-likeness (QED) is 0.365. The molecule has 0 aliphatic heterocycles. The van der Waals surface area contributed by atoms with Gasteiger partial charge < -0.3 is 30.0 Å². The maximum atomic E-state index is 5.85. The van der Waals surface area contributed by atoms with E-state index in [4.69, 9.17) is 24.7 Å². The Labute approximate surface area is 154 Å². The van der Waals surface area contributed by atoms with Gasteiger partial charge in [-0.05, 0) is 24.6 Å². The van der Waals surface area contributed by atoms with Gasteiger partial charge in [0.1, 0.15) is 0 Å². The van der Waals surface area contributed by atoms with Crippen molar-refractivity contribution >= 4 is 29.9 Å². The topological polar surface area (TPSA) is 87.3 Å². The molecule has 132 valence electrons. The molecule has 3 N–H and O–H groups in total. The van der Waals surface area contributed by atoms with E-state index in [-0.39, 0.29) is 30.0 Å². The molecule has 0 fully saturated rings. The fraction of sp³-hybridized carbons (Fsp3) is 0.533. The second-order valence-electron chi connectivity index (χ2n) is 4.74. The minimum absolute atomic E-state index is 0. The Balaban J connectivity index is 0.00000484. The molecule has 0 aromatic heterocycles. The molecule has 1 aromatic rings. The van der Waals surface area contributed by atoms with Gasteiger partial charge in [0, 0.05) is 13.2 Å². The first kappa shape index (κ1) is 21.6. The Morgan fingerprint density at radius 2 is 1.70 bits per heavy atom. The van der Waals surface area contributed by atoms with Crippen LogP contribution >= 0.6 is 24.0 Å². The van der Waals surface area contributed by atoms with Crippen LogP contribution in [-0.2, 0) is 11.3 Å². The summed E-state index contributed by atoms with van der Waals surface area (Å²) < 4.78 is 20.9. The molecule has 1 unspecified atom stereocenters. The number of nitrogens with two attached hydrogens (primary N) is 1. The van der Waals surface area contributed by atoms with Crippen molar-refractivity contribution < 1.29 is 18.9 Å². The maximum absolute atomic E-state index is 5.85. The molecule has 0 saturated carbocycles. The first-order valence-corrected chi connectivity index (χ1v) is 6.90. The smallest absolute Gasteiger partial charge is 0.203 e. The molecular weight excluding hydrogens is 413 g/mol. The number of halogens is 1. The van der Waals surface area contributed by atoms with E-state index in [1.165, 1.54) is 0 Å². The first-order valence-electron chi connectivity index (χ1n) is 6.90. The van der Waals surface area contributed by atoms with Gasteiger partial charge in [0.2, 0.25) is 5.75 Å². The largest absolute Gasteiger partial charge is 0.493 e. The van der Waals surface area contributed by atoms with E-state index >= 15 is 0 Å². The number of aliphatic imine (C=N–C) groups is 1. The number of nitrogens with zero attached hydrogens (tertiary/aromatic N) is 1. The van der Waals surface area contributed by atoms with Crippen molar-refractivity contribution in [2.45, 2.75) is 19.5 Å². The van der Waals surface area contributed by atoms with Crippen molar-refractivity contribution in [2.24, 2.45) is 10.7 Å². The Kier molecular flexibility index (Phi) is 10.5. The second kappa shape index (κ2) is 11.2. The van der Waals surface area contributed by atoms with E-state index in [9.17, 15) is 0 Å². The number of guanidine groups is 1. The van der Waals surface area contributed by atoms with Crippen LogP contribution in [0.3, 0.4) is 0 Å². The van der Waals surface area contributed by atoms with Gasteiger partial charge in [0.05, 0.1) is 34.5 Å². The average molecular weight is 439 g/mol. The van der Waals surface area contributed by atoms with E-state index in [2.05, 4.69) is 10.3 Å². The monoisotopic (exact) mass is 439 g/mol. The molecule has 0 amide bonds. The zero-order valence-electron chi connectivity index (χ0n) is 14.2. The number of benzene rings is 1. The summed E-state index contributed by atoms with van der Waals surface area (Å²) in [5.41, 5.74) is 6.75. The summed E-state index contributed by atoms with van der Waals surface area (Å²) in [5, 5.41) is 3.05. The Morgan fingerprint density at radius 3 is 2.13 bits per heavy atom. The summed E-state index contributed by atoms with van der Waals surface area (Å²) in [4.78, 5) is 4.30. The molecule has 1 rings (SSSR count). The van der Waals surface area contributed by atoms with Gasteiger partial charge in [0.15, 0.2) is 17.5 Å². The van der Waals surface area contributed by atoms with E-state index in [1.807, 2.05) is 19.1 Å². The van der Waals surface area contributed by atoms with Crippen LogP contribution in [-0.4, -0.2) is 47.0 Å². The molecule has 23 heavy (non-hydrogen) atoms. The number of rotatable bonds is 8. The molecule has 0 bridgehead atoms. The molecule has 0 aliphatic carbocycles. The second-order valence-corrected chi connectivity index (χ2v) is 4.74. The predicted octanol–water partition coefficient (Wildman–Crippen LogP) is 1.77. The maximum Gasteiger partial charge on any atom is 0.203 e. The van der Waals surface area contributed by atoms with Crippen molar-refractivity contribution in [1.82, 2.24) is 5.32 Å². The van der Waals surface area contributed by atoms with E-state index in [0.717, 1.165) is 5.56 Å². The fourth-order valence-corrected chi connectivity index (χ4v) is 1.99. The van der Waals surface area contributed by atoms with Gasteiger partial charge in [-0.2, -0.15) is 0 Å². The summed E-state index contributed by atoms with van der Waals surface area (Å²) in [6.45, 7) is 2.92. The third-order valence-corrected chi connectivity index (χ3v) is 2.97. The summed E-state index contributed by atoms with van der Waals surface area (Å²) in [6, 6.07) is 3.78. The third-order valence-electron chi connectivity index (χ3n) is 2.97. The van der Waals surface area contributed by atoms with Gasteiger partial charge in [-0.1, -0.05) is 0 Å². The standard InChI is InChI=1S/C15H25N3O4.HI/c1-10(9-19-2)18-15(16)17-8-11-6-12(20-3)14(22-5)13(7-11)21-4;/h6-7,10H,8-9H2,1-5H3,(H3,16,17,18);1H. The molecule has 0 spiro atoms. The van der Waals surface area contributed by atoms with Gasteiger partial charge in [-0.15, -0.1) is 24.0 Å². The van der Waals surface area contributed by atoms with Crippen molar-refractivity contribution in [3.8, 4) is 17.2 Å². The zero-order chi connectivity index (χ0) is 16.5. The van der Waals surface area contributed by atoms with Gasteiger partial charge in [-0.3, -0.25) is 0 Å². The lowest BCUT2D eigenvalue weighted by molar-refractivity contribution is 0.179. The van der Waals surface area contributed by atoms with Gasteiger partial charge in [0.25, 0.3) is 0 Å². The van der Waals surface area contributed by atoms with Crippen LogP contribution in [0.2, 0.25) is 0 Å². The lowest BCUT2D eigenvalue weighted by Gasteiger charge is -2.14. The fourth-order valence-electron chi connectivity index (χ4n) is 1.99. The van der Waals surface area contributed by atoms with Crippen molar-refractivity contribution in [1.29, 1.82) is 0 Å². The number of methoxy groups -OCH3 is 4. The van der Waals surface area contributed by atoms with Gasteiger partial charge in [-0.25, -0.2) is 4.99 Å². The summed E-state index contributed by atoms with van der Waals surface area (Å²) in [5.74, 6) is 2.09. The van der Waals surface area contributed by atoms with Crippen LogP contribution in [0.15, 0.2) is 17.1 Å². The summed E-state index contributed by atoms with van der Waals surface area (Å²) >= 11 is 0. The normalized spacial score (nSPS) is 12.1. The SMILES string of the molecule is COCC(C)NC(N)=NCc1cc(OC)c(OC)c(OC)c1.I. The number of hydrogen-bond donors (Lipinski definition) is 2. The molecule has 0 radical (unpaired) electrons. The Morgan fingerprint density at radius 1 is 1.13 bits per heavy atom. The molecule has 0 heterocycles. The van der Waals surface area contributed by atoms with Crippen molar-refractivity contribution in [3.63, 3.8) is 0 Å². The highest BCUT2D eigenvalue weighted by Crippen LogP contribution is 2.38. The molecule has 8 heteroatoms. The molecule has 0 aliphatic rings. The van der Waals surface area contributed by atoms with E-state index in [1.54, 1.807) is 28.4 Å². The number of nitrogens with one attached hydrogen (secondary N) is 1. The highest BCUT2D eigenvalue weighted by atomic mass is 127.